The highest BCUT2D eigenvalue weighted by atomic mass is 32.1. The molecule has 7 nitrogen and oxygen atoms in total. The van der Waals surface area contributed by atoms with E-state index in [-0.39, 0.29) is 18.6 Å². The molecule has 2 heterocycles. The molecule has 2 N–H and O–H groups in total. The van der Waals surface area contributed by atoms with Crippen LogP contribution in [0.5, 0.6) is 11.5 Å². The molecule has 2 aromatic carbocycles. The molecule has 0 spiro atoms. The molecule has 0 radical (unpaired) electrons. The molecule has 1 aliphatic heterocycles. The van der Waals surface area contributed by atoms with Crippen molar-refractivity contribution in [2.45, 2.75) is 13.5 Å². The van der Waals surface area contributed by atoms with Crippen LogP contribution in [-0.4, -0.2) is 23.6 Å². The van der Waals surface area contributed by atoms with Crippen molar-refractivity contribution in [1.29, 1.82) is 0 Å². The third-order valence-corrected chi connectivity index (χ3v) is 4.94. The number of nitrogens with one attached hydrogen (secondary N) is 2. The van der Waals surface area contributed by atoms with E-state index >= 15 is 0 Å². The van der Waals surface area contributed by atoms with Crippen molar-refractivity contribution in [2.24, 2.45) is 0 Å². The van der Waals surface area contributed by atoms with Gasteiger partial charge >= 0.3 is 0 Å². The summed E-state index contributed by atoms with van der Waals surface area (Å²) >= 11 is 1.48. The average molecular weight is 395 g/mol. The smallest absolute Gasteiger partial charge is 0.251 e. The van der Waals surface area contributed by atoms with Gasteiger partial charge in [-0.1, -0.05) is 12.1 Å². The third-order valence-electron chi connectivity index (χ3n) is 4.09. The van der Waals surface area contributed by atoms with E-state index in [1.165, 1.54) is 18.3 Å². The maximum Gasteiger partial charge on any atom is 0.251 e. The summed E-state index contributed by atoms with van der Waals surface area (Å²) in [5.74, 6) is 0.911. The first-order valence-electron chi connectivity index (χ1n) is 8.59. The second kappa shape index (κ2) is 7.69. The van der Waals surface area contributed by atoms with Crippen molar-refractivity contribution < 1.29 is 19.1 Å². The molecule has 1 aromatic heterocycles. The van der Waals surface area contributed by atoms with E-state index in [1.54, 1.807) is 18.2 Å². The molecule has 28 heavy (non-hydrogen) atoms. The molecular formula is C20H17N3O4S. The highest BCUT2D eigenvalue weighted by molar-refractivity contribution is 7.09. The summed E-state index contributed by atoms with van der Waals surface area (Å²) < 4.78 is 10.5. The number of thiazole rings is 1. The van der Waals surface area contributed by atoms with Crippen molar-refractivity contribution >= 4 is 28.8 Å². The molecule has 0 aliphatic carbocycles. The molecule has 0 fully saturated rings. The van der Waals surface area contributed by atoms with E-state index in [1.807, 2.05) is 29.6 Å². The van der Waals surface area contributed by atoms with Crippen molar-refractivity contribution in [3.63, 3.8) is 0 Å². The van der Waals surface area contributed by atoms with E-state index < -0.39 is 0 Å². The standard InChI is InChI=1S/C20H17N3O4S/c1-12(24)22-15-5-2-13(3-6-15)16-10-28-19(23-16)9-21-20(25)14-4-7-17-18(8-14)27-11-26-17/h2-8,10H,9,11H2,1H3,(H,21,25)(H,22,24). The van der Waals surface area contributed by atoms with Gasteiger partial charge in [-0.15, -0.1) is 11.3 Å². The van der Waals surface area contributed by atoms with Gasteiger partial charge in [-0.3, -0.25) is 9.59 Å². The predicted molar refractivity (Wildman–Crippen MR) is 106 cm³/mol. The monoisotopic (exact) mass is 395 g/mol. The van der Waals surface area contributed by atoms with E-state index in [0.717, 1.165) is 22.0 Å². The quantitative estimate of drug-likeness (QED) is 0.691. The SMILES string of the molecule is CC(=O)Nc1ccc(-c2csc(CNC(=O)c3ccc4c(c3)OCO4)n2)cc1. The first kappa shape index (κ1) is 18.0. The van der Waals surface area contributed by atoms with Gasteiger partial charge in [0.05, 0.1) is 12.2 Å². The molecule has 0 atom stereocenters. The van der Waals surface area contributed by atoms with Crippen LogP contribution >= 0.6 is 11.3 Å². The summed E-state index contributed by atoms with van der Waals surface area (Å²) in [7, 11) is 0. The fraction of sp³-hybridized carbons (Fsp3) is 0.150. The normalized spacial score (nSPS) is 11.9. The number of fused-ring (bicyclic) bond motifs is 1. The molecule has 1 aliphatic rings. The van der Waals surface area contributed by atoms with Crippen LogP contribution in [0.1, 0.15) is 22.3 Å². The Morgan fingerprint density at radius 1 is 1.11 bits per heavy atom. The fourth-order valence-corrected chi connectivity index (χ4v) is 3.49. The Labute approximate surface area is 165 Å². The number of rotatable bonds is 5. The van der Waals surface area contributed by atoms with Crippen LogP contribution in [0.15, 0.2) is 47.8 Å². The molecule has 0 saturated heterocycles. The number of ether oxygens (including phenoxy) is 2. The van der Waals surface area contributed by atoms with Crippen LogP contribution in [-0.2, 0) is 11.3 Å². The fourth-order valence-electron chi connectivity index (χ4n) is 2.75. The van der Waals surface area contributed by atoms with Crippen molar-refractivity contribution in [1.82, 2.24) is 10.3 Å². The highest BCUT2D eigenvalue weighted by Crippen LogP contribution is 2.32. The molecule has 2 amide bonds. The van der Waals surface area contributed by atoms with E-state index in [9.17, 15) is 9.59 Å². The lowest BCUT2D eigenvalue weighted by molar-refractivity contribution is -0.114. The number of nitrogens with zero attached hydrogens (tertiary/aromatic N) is 1. The number of hydrogen-bond acceptors (Lipinski definition) is 6. The molecule has 0 saturated carbocycles. The Balaban J connectivity index is 1.38. The van der Waals surface area contributed by atoms with Crippen molar-refractivity contribution in [3.05, 3.63) is 58.4 Å². The second-order valence-electron chi connectivity index (χ2n) is 6.14. The lowest BCUT2D eigenvalue weighted by Crippen LogP contribution is -2.22. The Kier molecular flexibility index (Phi) is 4.94. The molecule has 4 rings (SSSR count). The number of carbonyl (C=O) groups is 2. The van der Waals surface area contributed by atoms with Gasteiger partial charge in [0.25, 0.3) is 5.91 Å². The highest BCUT2D eigenvalue weighted by Gasteiger charge is 2.16. The minimum Gasteiger partial charge on any atom is -0.454 e. The number of amides is 2. The summed E-state index contributed by atoms with van der Waals surface area (Å²) in [5, 5.41) is 8.34. The van der Waals surface area contributed by atoms with Gasteiger partial charge in [-0.2, -0.15) is 0 Å². The Hall–Kier alpha value is -3.39. The van der Waals surface area contributed by atoms with Gasteiger partial charge in [-0.25, -0.2) is 4.98 Å². The third kappa shape index (κ3) is 3.96. The largest absolute Gasteiger partial charge is 0.454 e. The van der Waals surface area contributed by atoms with Crippen LogP contribution in [0.3, 0.4) is 0 Å². The first-order chi connectivity index (χ1) is 13.6. The van der Waals surface area contributed by atoms with Crippen molar-refractivity contribution in [3.8, 4) is 22.8 Å². The lowest BCUT2D eigenvalue weighted by Gasteiger charge is -2.04. The van der Waals surface area contributed by atoms with Gasteiger partial charge < -0.3 is 20.1 Å². The summed E-state index contributed by atoms with van der Waals surface area (Å²) in [4.78, 5) is 28.0. The number of anilines is 1. The summed E-state index contributed by atoms with van der Waals surface area (Å²) in [6, 6.07) is 12.6. The molecule has 0 bridgehead atoms. The van der Waals surface area contributed by atoms with E-state index in [0.29, 0.717) is 23.6 Å². The van der Waals surface area contributed by atoms with Crippen LogP contribution in [0.4, 0.5) is 5.69 Å². The minimum atomic E-state index is -0.199. The maximum absolute atomic E-state index is 12.4. The predicted octanol–water partition coefficient (Wildman–Crippen LogP) is 3.43. The second-order valence-corrected chi connectivity index (χ2v) is 7.08. The topological polar surface area (TPSA) is 89.6 Å². The van der Waals surface area contributed by atoms with Crippen LogP contribution < -0.4 is 20.1 Å². The summed E-state index contributed by atoms with van der Waals surface area (Å²) in [6.45, 7) is 1.98. The number of carbonyl (C=O) groups excluding carboxylic acids is 2. The van der Waals surface area contributed by atoms with Gasteiger partial charge in [0.1, 0.15) is 5.01 Å². The Bertz CT molecular complexity index is 1030. The van der Waals surface area contributed by atoms with Crippen LogP contribution in [0, 0.1) is 0 Å². The van der Waals surface area contributed by atoms with Crippen LogP contribution in [0.2, 0.25) is 0 Å². The Morgan fingerprint density at radius 3 is 2.68 bits per heavy atom. The molecule has 8 heteroatoms. The number of benzene rings is 2. The summed E-state index contributed by atoms with van der Waals surface area (Å²) in [6.07, 6.45) is 0. The first-order valence-corrected chi connectivity index (χ1v) is 9.47. The molecular weight excluding hydrogens is 378 g/mol. The van der Waals surface area contributed by atoms with Crippen molar-refractivity contribution in [2.75, 3.05) is 12.1 Å². The molecule has 0 unspecified atom stereocenters. The van der Waals surface area contributed by atoms with E-state index in [2.05, 4.69) is 15.6 Å². The minimum absolute atomic E-state index is 0.109. The van der Waals surface area contributed by atoms with Gasteiger partial charge in [0, 0.05) is 29.1 Å². The summed E-state index contributed by atoms with van der Waals surface area (Å²) in [5.41, 5.74) is 3.02. The molecule has 3 aromatic rings. The zero-order chi connectivity index (χ0) is 19.5. The Morgan fingerprint density at radius 2 is 1.89 bits per heavy atom. The number of hydrogen-bond donors (Lipinski definition) is 2. The zero-order valence-corrected chi connectivity index (χ0v) is 15.8. The molecule has 142 valence electrons. The average Bonchev–Trinajstić information content (AvgIpc) is 3.35. The van der Waals surface area contributed by atoms with E-state index in [4.69, 9.17) is 9.47 Å². The lowest BCUT2D eigenvalue weighted by atomic mass is 10.1. The van der Waals surface area contributed by atoms with Crippen LogP contribution in [0.25, 0.3) is 11.3 Å². The number of aromatic nitrogens is 1. The van der Waals surface area contributed by atoms with Gasteiger partial charge in [0.15, 0.2) is 11.5 Å². The van der Waals surface area contributed by atoms with Gasteiger partial charge in [0.2, 0.25) is 12.7 Å². The zero-order valence-electron chi connectivity index (χ0n) is 15.0. The maximum atomic E-state index is 12.4. The van der Waals surface area contributed by atoms with Gasteiger partial charge in [-0.05, 0) is 30.3 Å².